The Morgan fingerprint density at radius 2 is 1.83 bits per heavy atom. The Labute approximate surface area is 135 Å². The molecule has 2 aromatic carbocycles. The minimum absolute atomic E-state index is 0.234. The van der Waals surface area contributed by atoms with Crippen molar-refractivity contribution in [2.45, 2.75) is 13.5 Å². The van der Waals surface area contributed by atoms with Crippen molar-refractivity contribution in [3.8, 4) is 0 Å². The van der Waals surface area contributed by atoms with E-state index >= 15 is 0 Å². The summed E-state index contributed by atoms with van der Waals surface area (Å²) in [6, 6.07) is 12.1. The molecule has 0 aliphatic rings. The zero-order chi connectivity index (χ0) is 16.8. The van der Waals surface area contributed by atoms with Gasteiger partial charge in [0, 0.05) is 18.4 Å². The molecule has 0 saturated carbocycles. The molecule has 5 heteroatoms. The van der Waals surface area contributed by atoms with Crippen molar-refractivity contribution in [3.63, 3.8) is 0 Å². The van der Waals surface area contributed by atoms with Crippen molar-refractivity contribution >= 4 is 17.6 Å². The number of amides is 1. The average molecular weight is 313 g/mol. The van der Waals surface area contributed by atoms with Crippen molar-refractivity contribution in [1.29, 1.82) is 0 Å². The van der Waals surface area contributed by atoms with Crippen LogP contribution < -0.4 is 5.32 Å². The molecule has 0 aliphatic heterocycles. The van der Waals surface area contributed by atoms with Crippen molar-refractivity contribution in [3.05, 3.63) is 64.7 Å². The number of ether oxygens (including phenoxy) is 2. The Morgan fingerprint density at radius 3 is 2.52 bits per heavy atom. The Bertz CT molecular complexity index is 725. The second kappa shape index (κ2) is 7.56. The fraction of sp³-hybridized carbons (Fsp3) is 0.222. The van der Waals surface area contributed by atoms with Gasteiger partial charge in [0.25, 0.3) is 5.91 Å². The fourth-order valence-electron chi connectivity index (χ4n) is 2.28. The number of benzene rings is 2. The van der Waals surface area contributed by atoms with Crippen LogP contribution in [0.15, 0.2) is 42.5 Å². The van der Waals surface area contributed by atoms with Crippen LogP contribution in [0, 0.1) is 6.92 Å². The van der Waals surface area contributed by atoms with Gasteiger partial charge in [-0.25, -0.2) is 4.79 Å². The molecular formula is C18H19NO4. The van der Waals surface area contributed by atoms with Gasteiger partial charge >= 0.3 is 5.97 Å². The van der Waals surface area contributed by atoms with Gasteiger partial charge < -0.3 is 14.8 Å². The number of carbonyl (C=O) groups is 2. The molecule has 2 aromatic rings. The molecule has 0 heterocycles. The zero-order valence-corrected chi connectivity index (χ0v) is 13.4. The SMILES string of the molecule is COCc1cccc(C(=O)Nc2cccc(C(=O)OC)c2)c1C. The standard InChI is InChI=1S/C18H19NO4/c1-12-14(11-22-2)7-5-9-16(12)17(20)19-15-8-4-6-13(10-15)18(21)23-3/h4-10H,11H2,1-3H3,(H,19,20). The van der Waals surface area contributed by atoms with Crippen LogP contribution in [-0.4, -0.2) is 26.1 Å². The summed E-state index contributed by atoms with van der Waals surface area (Å²) >= 11 is 0. The van der Waals surface area contributed by atoms with Gasteiger partial charge in [0.2, 0.25) is 0 Å². The van der Waals surface area contributed by atoms with Gasteiger partial charge in [0.15, 0.2) is 0 Å². The van der Waals surface area contributed by atoms with Crippen LogP contribution in [0.4, 0.5) is 5.69 Å². The van der Waals surface area contributed by atoms with E-state index in [4.69, 9.17) is 4.74 Å². The summed E-state index contributed by atoms with van der Waals surface area (Å²) in [6.45, 7) is 2.33. The highest BCUT2D eigenvalue weighted by molar-refractivity contribution is 6.06. The Kier molecular flexibility index (Phi) is 5.49. The first kappa shape index (κ1) is 16.7. The predicted molar refractivity (Wildman–Crippen MR) is 87.6 cm³/mol. The van der Waals surface area contributed by atoms with E-state index in [0.717, 1.165) is 11.1 Å². The lowest BCUT2D eigenvalue weighted by Crippen LogP contribution is -2.15. The summed E-state index contributed by atoms with van der Waals surface area (Å²) < 4.78 is 9.81. The van der Waals surface area contributed by atoms with Gasteiger partial charge in [-0.3, -0.25) is 4.79 Å². The second-order valence-corrected chi connectivity index (χ2v) is 5.05. The summed E-state index contributed by atoms with van der Waals surface area (Å²) in [4.78, 5) is 24.0. The van der Waals surface area contributed by atoms with Gasteiger partial charge in [-0.1, -0.05) is 18.2 Å². The normalized spacial score (nSPS) is 10.2. The van der Waals surface area contributed by atoms with Gasteiger partial charge in [-0.05, 0) is 42.3 Å². The number of hydrogen-bond donors (Lipinski definition) is 1. The molecule has 120 valence electrons. The number of carbonyl (C=O) groups excluding carboxylic acids is 2. The third-order valence-electron chi connectivity index (χ3n) is 3.53. The van der Waals surface area contributed by atoms with Crippen LogP contribution in [0.3, 0.4) is 0 Å². The van der Waals surface area contributed by atoms with E-state index in [0.29, 0.717) is 23.4 Å². The molecule has 2 rings (SSSR count). The highest BCUT2D eigenvalue weighted by atomic mass is 16.5. The maximum atomic E-state index is 12.5. The Hall–Kier alpha value is -2.66. The fourth-order valence-corrected chi connectivity index (χ4v) is 2.28. The first-order valence-electron chi connectivity index (χ1n) is 7.14. The Balaban J connectivity index is 2.23. The van der Waals surface area contributed by atoms with Gasteiger partial charge in [0.1, 0.15) is 0 Å². The molecule has 1 N–H and O–H groups in total. The molecular weight excluding hydrogens is 294 g/mol. The van der Waals surface area contributed by atoms with E-state index in [-0.39, 0.29) is 5.91 Å². The smallest absolute Gasteiger partial charge is 0.337 e. The number of anilines is 1. The molecule has 0 bridgehead atoms. The van der Waals surface area contributed by atoms with Crippen LogP contribution in [0.1, 0.15) is 31.8 Å². The number of esters is 1. The van der Waals surface area contributed by atoms with Gasteiger partial charge in [-0.2, -0.15) is 0 Å². The van der Waals surface area contributed by atoms with Crippen LogP contribution in [-0.2, 0) is 16.1 Å². The molecule has 0 aliphatic carbocycles. The largest absolute Gasteiger partial charge is 0.465 e. The molecule has 0 spiro atoms. The summed E-state index contributed by atoms with van der Waals surface area (Å²) in [5, 5.41) is 2.80. The highest BCUT2D eigenvalue weighted by Gasteiger charge is 2.13. The molecule has 0 unspecified atom stereocenters. The molecule has 0 saturated heterocycles. The van der Waals surface area contributed by atoms with E-state index in [9.17, 15) is 9.59 Å². The van der Waals surface area contributed by atoms with Crippen molar-refractivity contribution < 1.29 is 19.1 Å². The summed E-state index contributed by atoms with van der Waals surface area (Å²) in [5.74, 6) is -0.679. The highest BCUT2D eigenvalue weighted by Crippen LogP contribution is 2.18. The second-order valence-electron chi connectivity index (χ2n) is 5.05. The van der Waals surface area contributed by atoms with Crippen LogP contribution in [0.25, 0.3) is 0 Å². The molecule has 1 amide bonds. The van der Waals surface area contributed by atoms with Crippen molar-refractivity contribution in [2.24, 2.45) is 0 Å². The minimum Gasteiger partial charge on any atom is -0.465 e. The lowest BCUT2D eigenvalue weighted by molar-refractivity contribution is 0.0600. The summed E-state index contributed by atoms with van der Waals surface area (Å²) in [7, 11) is 2.93. The maximum absolute atomic E-state index is 12.5. The van der Waals surface area contributed by atoms with E-state index < -0.39 is 5.97 Å². The van der Waals surface area contributed by atoms with Crippen molar-refractivity contribution in [2.75, 3.05) is 19.5 Å². The average Bonchev–Trinajstić information content (AvgIpc) is 2.56. The quantitative estimate of drug-likeness (QED) is 0.861. The van der Waals surface area contributed by atoms with Crippen LogP contribution in [0.5, 0.6) is 0 Å². The molecule has 0 radical (unpaired) electrons. The zero-order valence-electron chi connectivity index (χ0n) is 13.4. The topological polar surface area (TPSA) is 64.6 Å². The third kappa shape index (κ3) is 3.96. The summed E-state index contributed by atoms with van der Waals surface area (Å²) in [5.41, 5.74) is 3.33. The monoisotopic (exact) mass is 313 g/mol. The van der Waals surface area contributed by atoms with Gasteiger partial charge in [-0.15, -0.1) is 0 Å². The van der Waals surface area contributed by atoms with E-state index in [1.807, 2.05) is 19.1 Å². The first-order chi connectivity index (χ1) is 11.1. The van der Waals surface area contributed by atoms with Crippen LogP contribution in [0.2, 0.25) is 0 Å². The molecule has 0 aromatic heterocycles. The van der Waals surface area contributed by atoms with E-state index in [1.54, 1.807) is 37.4 Å². The predicted octanol–water partition coefficient (Wildman–Crippen LogP) is 3.18. The maximum Gasteiger partial charge on any atom is 0.337 e. The molecule has 0 fully saturated rings. The molecule has 5 nitrogen and oxygen atoms in total. The lowest BCUT2D eigenvalue weighted by Gasteiger charge is -2.11. The van der Waals surface area contributed by atoms with E-state index in [1.165, 1.54) is 7.11 Å². The Morgan fingerprint density at radius 1 is 1.09 bits per heavy atom. The molecule has 23 heavy (non-hydrogen) atoms. The van der Waals surface area contributed by atoms with E-state index in [2.05, 4.69) is 10.1 Å². The first-order valence-corrected chi connectivity index (χ1v) is 7.14. The van der Waals surface area contributed by atoms with Crippen molar-refractivity contribution in [1.82, 2.24) is 0 Å². The molecule has 0 atom stereocenters. The summed E-state index contributed by atoms with van der Waals surface area (Å²) in [6.07, 6.45) is 0. The third-order valence-corrected chi connectivity index (χ3v) is 3.53. The minimum atomic E-state index is -0.445. The number of hydrogen-bond acceptors (Lipinski definition) is 4. The number of nitrogens with one attached hydrogen (secondary N) is 1. The van der Waals surface area contributed by atoms with Gasteiger partial charge in [0.05, 0.1) is 19.3 Å². The lowest BCUT2D eigenvalue weighted by atomic mass is 10.0. The number of rotatable bonds is 5. The van der Waals surface area contributed by atoms with Crippen LogP contribution >= 0.6 is 0 Å². The number of methoxy groups -OCH3 is 2.